The zero-order valence-electron chi connectivity index (χ0n) is 14.7. The Balaban J connectivity index is 1.44. The summed E-state index contributed by atoms with van der Waals surface area (Å²) in [5, 5.41) is 5.60. The summed E-state index contributed by atoms with van der Waals surface area (Å²) < 4.78 is 11.0. The molecule has 0 aliphatic heterocycles. The molecule has 25 heavy (non-hydrogen) atoms. The fourth-order valence-corrected chi connectivity index (χ4v) is 3.06. The van der Waals surface area contributed by atoms with Gasteiger partial charge in [-0.1, -0.05) is 12.1 Å². The number of aryl methyl sites for hydroxylation is 3. The topological polar surface area (TPSA) is 59.6 Å². The number of carbonyl (C=O) groups is 1. The Labute approximate surface area is 148 Å². The lowest BCUT2D eigenvalue weighted by Crippen LogP contribution is -2.32. The highest BCUT2D eigenvalue weighted by atomic mass is 16.5. The Morgan fingerprint density at radius 3 is 2.80 bits per heavy atom. The molecule has 0 spiro atoms. The van der Waals surface area contributed by atoms with Gasteiger partial charge in [0.25, 0.3) is 0 Å². The minimum atomic E-state index is -0.276. The van der Waals surface area contributed by atoms with Gasteiger partial charge in [0.15, 0.2) is 0 Å². The molecule has 5 heteroatoms. The number of hydrogen-bond acceptors (Lipinski definition) is 3. The molecule has 0 fully saturated rings. The number of rotatable bonds is 6. The predicted molar refractivity (Wildman–Crippen MR) is 98.7 cm³/mol. The number of fused-ring (bicyclic) bond motifs is 1. The van der Waals surface area contributed by atoms with Crippen molar-refractivity contribution < 1.29 is 14.3 Å². The number of benzene rings is 2. The highest BCUT2D eigenvalue weighted by Gasteiger charge is 2.11. The third-order valence-electron chi connectivity index (χ3n) is 4.33. The molecule has 0 saturated heterocycles. The van der Waals surface area contributed by atoms with Gasteiger partial charge < -0.3 is 20.1 Å². The van der Waals surface area contributed by atoms with Crippen molar-refractivity contribution >= 4 is 11.7 Å². The van der Waals surface area contributed by atoms with Gasteiger partial charge in [0.2, 0.25) is 0 Å². The SMILES string of the molecule is COc1ccc(C)cc1NC(=O)NCCOc1ccc2c(c1)CCC2. The number of hydrogen-bond donors (Lipinski definition) is 2. The Morgan fingerprint density at radius 1 is 1.12 bits per heavy atom. The lowest BCUT2D eigenvalue weighted by Gasteiger charge is -2.12. The Kier molecular flexibility index (Phi) is 5.43. The monoisotopic (exact) mass is 340 g/mol. The normalized spacial score (nSPS) is 12.4. The number of anilines is 1. The predicted octanol–water partition coefficient (Wildman–Crippen LogP) is 3.69. The molecule has 1 aliphatic carbocycles. The summed E-state index contributed by atoms with van der Waals surface area (Å²) in [6, 6.07) is 11.6. The standard InChI is InChI=1S/C20H24N2O3/c1-14-6-9-19(24-2)18(12-14)22-20(23)21-10-11-25-17-8-7-15-4-3-5-16(15)13-17/h6-9,12-13H,3-5,10-11H2,1-2H3,(H2,21,22,23). The highest BCUT2D eigenvalue weighted by molar-refractivity contribution is 5.91. The lowest BCUT2D eigenvalue weighted by molar-refractivity contribution is 0.247. The van der Waals surface area contributed by atoms with E-state index in [1.54, 1.807) is 7.11 Å². The summed E-state index contributed by atoms with van der Waals surface area (Å²) in [5.41, 5.74) is 4.52. The van der Waals surface area contributed by atoms with Gasteiger partial charge in [-0.25, -0.2) is 4.79 Å². The molecule has 132 valence electrons. The van der Waals surface area contributed by atoms with Crippen molar-refractivity contribution in [2.75, 3.05) is 25.6 Å². The zero-order valence-corrected chi connectivity index (χ0v) is 14.7. The van der Waals surface area contributed by atoms with E-state index >= 15 is 0 Å². The summed E-state index contributed by atoms with van der Waals surface area (Å²) in [6.07, 6.45) is 3.52. The first-order valence-corrected chi connectivity index (χ1v) is 8.60. The van der Waals surface area contributed by atoms with E-state index in [1.807, 2.05) is 31.2 Å². The molecule has 0 atom stereocenters. The van der Waals surface area contributed by atoms with Crippen LogP contribution in [0.5, 0.6) is 11.5 Å². The van der Waals surface area contributed by atoms with Crippen molar-refractivity contribution in [1.29, 1.82) is 0 Å². The molecule has 2 aromatic carbocycles. The summed E-state index contributed by atoms with van der Waals surface area (Å²) in [4.78, 5) is 12.0. The fraction of sp³-hybridized carbons (Fsp3) is 0.350. The second-order valence-corrected chi connectivity index (χ2v) is 6.22. The van der Waals surface area contributed by atoms with Crippen LogP contribution in [0.3, 0.4) is 0 Å². The van der Waals surface area contributed by atoms with Gasteiger partial charge in [-0.3, -0.25) is 0 Å². The molecule has 2 N–H and O–H groups in total. The van der Waals surface area contributed by atoms with Gasteiger partial charge in [0.05, 0.1) is 19.3 Å². The molecule has 1 aliphatic rings. The highest BCUT2D eigenvalue weighted by Crippen LogP contribution is 2.26. The van der Waals surface area contributed by atoms with Crippen molar-refractivity contribution in [3.63, 3.8) is 0 Å². The van der Waals surface area contributed by atoms with Gasteiger partial charge in [-0.2, -0.15) is 0 Å². The zero-order chi connectivity index (χ0) is 17.6. The first-order valence-electron chi connectivity index (χ1n) is 8.60. The van der Waals surface area contributed by atoms with Gasteiger partial charge >= 0.3 is 6.03 Å². The van der Waals surface area contributed by atoms with Crippen molar-refractivity contribution in [1.82, 2.24) is 5.32 Å². The first kappa shape index (κ1) is 17.1. The van der Waals surface area contributed by atoms with E-state index < -0.39 is 0 Å². The Bertz CT molecular complexity index is 759. The molecular weight excluding hydrogens is 316 g/mol. The third kappa shape index (κ3) is 4.44. The maximum atomic E-state index is 12.0. The van der Waals surface area contributed by atoms with Crippen LogP contribution in [0.2, 0.25) is 0 Å². The van der Waals surface area contributed by atoms with Crippen LogP contribution in [0.1, 0.15) is 23.1 Å². The molecular formula is C20H24N2O3. The minimum Gasteiger partial charge on any atom is -0.495 e. The van der Waals surface area contributed by atoms with E-state index in [0.717, 1.165) is 17.7 Å². The Hall–Kier alpha value is -2.69. The quantitative estimate of drug-likeness (QED) is 0.789. The molecule has 2 aromatic rings. The number of amides is 2. The molecule has 0 aromatic heterocycles. The minimum absolute atomic E-state index is 0.276. The first-order chi connectivity index (χ1) is 12.2. The van der Waals surface area contributed by atoms with Crippen LogP contribution in [0.4, 0.5) is 10.5 Å². The average Bonchev–Trinajstić information content (AvgIpc) is 3.07. The maximum Gasteiger partial charge on any atom is 0.319 e. The van der Waals surface area contributed by atoms with Crippen LogP contribution >= 0.6 is 0 Å². The lowest BCUT2D eigenvalue weighted by atomic mass is 10.1. The van der Waals surface area contributed by atoms with E-state index in [0.29, 0.717) is 24.6 Å². The number of nitrogens with one attached hydrogen (secondary N) is 2. The molecule has 0 radical (unpaired) electrons. The van der Waals surface area contributed by atoms with Crippen LogP contribution in [0.25, 0.3) is 0 Å². The summed E-state index contributed by atoms with van der Waals surface area (Å²) in [6.45, 7) is 2.82. The van der Waals surface area contributed by atoms with Crippen LogP contribution in [-0.2, 0) is 12.8 Å². The van der Waals surface area contributed by atoms with Crippen LogP contribution < -0.4 is 20.1 Å². The second kappa shape index (κ2) is 7.92. The van der Waals surface area contributed by atoms with E-state index in [-0.39, 0.29) is 6.03 Å². The molecule has 3 rings (SSSR count). The van der Waals surface area contributed by atoms with Gasteiger partial charge in [-0.05, 0) is 67.1 Å². The molecule has 0 saturated carbocycles. The van der Waals surface area contributed by atoms with Crippen LogP contribution in [0.15, 0.2) is 36.4 Å². The van der Waals surface area contributed by atoms with E-state index in [2.05, 4.69) is 22.8 Å². The molecule has 0 heterocycles. The van der Waals surface area contributed by atoms with Crippen molar-refractivity contribution in [3.8, 4) is 11.5 Å². The van der Waals surface area contributed by atoms with Gasteiger partial charge in [0.1, 0.15) is 18.1 Å². The van der Waals surface area contributed by atoms with Crippen LogP contribution in [0, 0.1) is 6.92 Å². The molecule has 0 bridgehead atoms. The van der Waals surface area contributed by atoms with Crippen molar-refractivity contribution in [2.24, 2.45) is 0 Å². The summed E-state index contributed by atoms with van der Waals surface area (Å²) >= 11 is 0. The van der Waals surface area contributed by atoms with Gasteiger partial charge in [0, 0.05) is 0 Å². The van der Waals surface area contributed by atoms with E-state index in [4.69, 9.17) is 9.47 Å². The number of carbonyl (C=O) groups excluding carboxylic acids is 1. The number of ether oxygens (including phenoxy) is 2. The second-order valence-electron chi connectivity index (χ2n) is 6.22. The van der Waals surface area contributed by atoms with E-state index in [1.165, 1.54) is 24.0 Å². The number of urea groups is 1. The maximum absolute atomic E-state index is 12.0. The summed E-state index contributed by atoms with van der Waals surface area (Å²) in [5.74, 6) is 1.50. The van der Waals surface area contributed by atoms with Crippen molar-refractivity contribution in [3.05, 3.63) is 53.1 Å². The van der Waals surface area contributed by atoms with Crippen LogP contribution in [-0.4, -0.2) is 26.3 Å². The average molecular weight is 340 g/mol. The summed E-state index contributed by atoms with van der Waals surface area (Å²) in [7, 11) is 1.58. The van der Waals surface area contributed by atoms with Gasteiger partial charge in [-0.15, -0.1) is 0 Å². The number of methoxy groups -OCH3 is 1. The smallest absolute Gasteiger partial charge is 0.319 e. The molecule has 2 amide bonds. The molecule has 5 nitrogen and oxygen atoms in total. The van der Waals surface area contributed by atoms with Crippen molar-refractivity contribution in [2.45, 2.75) is 26.2 Å². The Morgan fingerprint density at radius 2 is 1.96 bits per heavy atom. The third-order valence-corrected chi connectivity index (χ3v) is 4.33. The fourth-order valence-electron chi connectivity index (χ4n) is 3.06. The van der Waals surface area contributed by atoms with E-state index in [9.17, 15) is 4.79 Å². The molecule has 0 unspecified atom stereocenters. The largest absolute Gasteiger partial charge is 0.495 e.